The van der Waals surface area contributed by atoms with Gasteiger partial charge in [-0.15, -0.1) is 0 Å². The molecular weight excluding hydrogens is 306 g/mol. The lowest BCUT2D eigenvalue weighted by atomic mass is 10.0. The lowest BCUT2D eigenvalue weighted by molar-refractivity contribution is 0.336. The Hall–Kier alpha value is -2.03. The van der Waals surface area contributed by atoms with Gasteiger partial charge in [-0.2, -0.15) is 0 Å². The topological polar surface area (TPSA) is 21.3 Å². The zero-order chi connectivity index (χ0) is 16.1. The highest BCUT2D eigenvalue weighted by Crippen LogP contribution is 2.28. The molecule has 3 rings (SSSR count). The summed E-state index contributed by atoms with van der Waals surface area (Å²) in [4.78, 5) is 0. The molecule has 2 nitrogen and oxygen atoms in total. The molecule has 0 spiro atoms. The summed E-state index contributed by atoms with van der Waals surface area (Å²) in [6.45, 7) is 4.14. The van der Waals surface area contributed by atoms with Crippen LogP contribution in [0, 0.1) is 0 Å². The van der Waals surface area contributed by atoms with Crippen molar-refractivity contribution in [3.05, 3.63) is 76.8 Å². The molecule has 0 aliphatic heterocycles. The molecule has 3 aromatic rings. The number of hydrogen-bond acceptors (Lipinski definition) is 2. The molecule has 0 heterocycles. The van der Waals surface area contributed by atoms with Gasteiger partial charge in [-0.25, -0.2) is 0 Å². The molecule has 0 aliphatic rings. The van der Waals surface area contributed by atoms with Crippen molar-refractivity contribution in [3.63, 3.8) is 0 Å². The number of hydrogen-bond donors (Lipinski definition) is 1. The van der Waals surface area contributed by atoms with Gasteiger partial charge in [-0.1, -0.05) is 60.1 Å². The Labute approximate surface area is 142 Å². The summed E-state index contributed by atoms with van der Waals surface area (Å²) in [5.74, 6) is 0.942. The lowest BCUT2D eigenvalue weighted by Gasteiger charge is -2.14. The van der Waals surface area contributed by atoms with Crippen LogP contribution in [-0.2, 0) is 13.1 Å². The lowest BCUT2D eigenvalue weighted by Crippen LogP contribution is -2.14. The largest absolute Gasteiger partial charge is 0.494 e. The van der Waals surface area contributed by atoms with Crippen LogP contribution in [-0.4, -0.2) is 6.61 Å². The van der Waals surface area contributed by atoms with Crippen molar-refractivity contribution in [2.24, 2.45) is 0 Å². The normalized spacial score (nSPS) is 10.9. The SMILES string of the molecule is CCOc1ccc2ccccc2c1CNCc1ccccc1Cl. The standard InChI is InChI=1S/C20H20ClNO/c1-2-23-20-12-11-15-7-3-5-9-17(15)18(20)14-22-13-16-8-4-6-10-19(16)21/h3-12,22H,2,13-14H2,1H3. The molecule has 0 fully saturated rings. The van der Waals surface area contributed by atoms with Crippen LogP contribution in [0.3, 0.4) is 0 Å². The molecule has 0 aliphatic carbocycles. The first kappa shape index (κ1) is 15.9. The first-order valence-electron chi connectivity index (χ1n) is 7.87. The van der Waals surface area contributed by atoms with Gasteiger partial charge in [0.1, 0.15) is 5.75 Å². The third kappa shape index (κ3) is 3.66. The number of fused-ring (bicyclic) bond motifs is 1. The van der Waals surface area contributed by atoms with Crippen LogP contribution in [0.15, 0.2) is 60.7 Å². The molecule has 0 unspecified atom stereocenters. The van der Waals surface area contributed by atoms with Crippen LogP contribution in [0.5, 0.6) is 5.75 Å². The quantitative estimate of drug-likeness (QED) is 0.674. The van der Waals surface area contributed by atoms with Gasteiger partial charge in [-0.3, -0.25) is 0 Å². The first-order chi connectivity index (χ1) is 11.3. The van der Waals surface area contributed by atoms with Crippen molar-refractivity contribution in [2.75, 3.05) is 6.61 Å². The molecule has 0 saturated carbocycles. The minimum atomic E-state index is 0.663. The smallest absolute Gasteiger partial charge is 0.124 e. The molecule has 3 aromatic carbocycles. The molecule has 23 heavy (non-hydrogen) atoms. The van der Waals surface area contributed by atoms with Crippen molar-refractivity contribution in [2.45, 2.75) is 20.0 Å². The highest BCUT2D eigenvalue weighted by Gasteiger charge is 2.08. The maximum atomic E-state index is 6.22. The molecule has 1 N–H and O–H groups in total. The fraction of sp³-hybridized carbons (Fsp3) is 0.200. The van der Waals surface area contributed by atoms with E-state index in [0.717, 1.165) is 29.4 Å². The average Bonchev–Trinajstić information content (AvgIpc) is 2.58. The van der Waals surface area contributed by atoms with Gasteiger partial charge in [0.15, 0.2) is 0 Å². The van der Waals surface area contributed by atoms with E-state index < -0.39 is 0 Å². The van der Waals surface area contributed by atoms with E-state index in [1.54, 1.807) is 0 Å². The third-order valence-electron chi connectivity index (χ3n) is 3.87. The van der Waals surface area contributed by atoms with E-state index in [1.807, 2.05) is 31.2 Å². The van der Waals surface area contributed by atoms with Gasteiger partial charge in [0, 0.05) is 23.7 Å². The first-order valence-corrected chi connectivity index (χ1v) is 8.25. The second-order valence-corrected chi connectivity index (χ2v) is 5.80. The Morgan fingerprint density at radius 1 is 0.913 bits per heavy atom. The summed E-state index contributed by atoms with van der Waals surface area (Å²) in [6, 6.07) is 20.5. The highest BCUT2D eigenvalue weighted by molar-refractivity contribution is 6.31. The van der Waals surface area contributed by atoms with Crippen molar-refractivity contribution in [1.29, 1.82) is 0 Å². The summed E-state index contributed by atoms with van der Waals surface area (Å²) in [7, 11) is 0. The molecule has 0 atom stereocenters. The van der Waals surface area contributed by atoms with Gasteiger partial charge < -0.3 is 10.1 Å². The Morgan fingerprint density at radius 2 is 1.70 bits per heavy atom. The predicted molar refractivity (Wildman–Crippen MR) is 97.1 cm³/mol. The van der Waals surface area contributed by atoms with Crippen LogP contribution in [0.25, 0.3) is 10.8 Å². The summed E-state index contributed by atoms with van der Waals surface area (Å²) >= 11 is 6.22. The number of rotatable bonds is 6. The van der Waals surface area contributed by atoms with Gasteiger partial charge in [0.2, 0.25) is 0 Å². The van der Waals surface area contributed by atoms with E-state index in [-0.39, 0.29) is 0 Å². The van der Waals surface area contributed by atoms with Gasteiger partial charge >= 0.3 is 0 Å². The maximum Gasteiger partial charge on any atom is 0.124 e. The minimum absolute atomic E-state index is 0.663. The van der Waals surface area contributed by atoms with Crippen molar-refractivity contribution < 1.29 is 4.74 Å². The summed E-state index contributed by atoms with van der Waals surface area (Å²) in [6.07, 6.45) is 0. The summed E-state index contributed by atoms with van der Waals surface area (Å²) in [5.41, 5.74) is 2.30. The van der Waals surface area contributed by atoms with E-state index in [0.29, 0.717) is 6.61 Å². The molecule has 0 bridgehead atoms. The Morgan fingerprint density at radius 3 is 2.52 bits per heavy atom. The van der Waals surface area contributed by atoms with Crippen LogP contribution < -0.4 is 10.1 Å². The molecule has 0 radical (unpaired) electrons. The second kappa shape index (κ2) is 7.49. The third-order valence-corrected chi connectivity index (χ3v) is 4.24. The predicted octanol–water partition coefficient (Wildman–Crippen LogP) is 5.18. The molecular formula is C20H20ClNO. The minimum Gasteiger partial charge on any atom is -0.494 e. The van der Waals surface area contributed by atoms with E-state index >= 15 is 0 Å². The molecule has 0 amide bonds. The van der Waals surface area contributed by atoms with Crippen molar-refractivity contribution >= 4 is 22.4 Å². The molecule has 0 saturated heterocycles. The summed E-state index contributed by atoms with van der Waals surface area (Å²) in [5, 5.41) is 6.73. The average molecular weight is 326 g/mol. The Kier molecular flexibility index (Phi) is 5.16. The van der Waals surface area contributed by atoms with Crippen LogP contribution in [0.1, 0.15) is 18.1 Å². The zero-order valence-electron chi connectivity index (χ0n) is 13.2. The fourth-order valence-electron chi connectivity index (χ4n) is 2.75. The van der Waals surface area contributed by atoms with Crippen LogP contribution in [0.2, 0.25) is 5.02 Å². The number of nitrogens with one attached hydrogen (secondary N) is 1. The maximum absolute atomic E-state index is 6.22. The van der Waals surface area contributed by atoms with E-state index in [4.69, 9.17) is 16.3 Å². The molecule has 118 valence electrons. The molecule has 3 heteroatoms. The van der Waals surface area contributed by atoms with Crippen molar-refractivity contribution in [1.82, 2.24) is 5.32 Å². The zero-order valence-corrected chi connectivity index (χ0v) is 13.9. The monoisotopic (exact) mass is 325 g/mol. The number of halogens is 1. The summed E-state index contributed by atoms with van der Waals surface area (Å²) < 4.78 is 5.81. The van der Waals surface area contributed by atoms with E-state index in [9.17, 15) is 0 Å². The van der Waals surface area contributed by atoms with E-state index in [2.05, 4.69) is 41.7 Å². The van der Waals surface area contributed by atoms with Crippen molar-refractivity contribution in [3.8, 4) is 5.75 Å². The van der Waals surface area contributed by atoms with Gasteiger partial charge in [0.25, 0.3) is 0 Å². The van der Waals surface area contributed by atoms with Crippen LogP contribution in [0.4, 0.5) is 0 Å². The second-order valence-electron chi connectivity index (χ2n) is 5.39. The fourth-order valence-corrected chi connectivity index (χ4v) is 2.96. The van der Waals surface area contributed by atoms with E-state index in [1.165, 1.54) is 16.3 Å². The highest BCUT2D eigenvalue weighted by atomic mass is 35.5. The van der Waals surface area contributed by atoms with Crippen LogP contribution >= 0.6 is 11.6 Å². The Bertz CT molecular complexity index is 801. The van der Waals surface area contributed by atoms with Gasteiger partial charge in [0.05, 0.1) is 6.61 Å². The number of ether oxygens (including phenoxy) is 1. The Balaban J connectivity index is 1.83. The molecule has 0 aromatic heterocycles. The number of benzene rings is 3. The van der Waals surface area contributed by atoms with Gasteiger partial charge in [-0.05, 0) is 35.4 Å².